The normalized spacial score (nSPS) is 11.1. The molecular formula is C18H20ClN5O3. The van der Waals surface area contributed by atoms with Crippen LogP contribution >= 0.6 is 11.6 Å². The van der Waals surface area contributed by atoms with E-state index in [1.807, 2.05) is 24.6 Å². The number of halogens is 1. The summed E-state index contributed by atoms with van der Waals surface area (Å²) in [6.45, 7) is 4.30. The Morgan fingerprint density at radius 3 is 2.78 bits per heavy atom. The molecule has 142 valence electrons. The van der Waals surface area contributed by atoms with Crippen LogP contribution in [0.1, 0.15) is 28.8 Å². The lowest BCUT2D eigenvalue weighted by Gasteiger charge is -2.13. The van der Waals surface area contributed by atoms with Crippen molar-refractivity contribution in [2.24, 2.45) is 0 Å². The quantitative estimate of drug-likeness (QED) is 0.622. The van der Waals surface area contributed by atoms with Crippen LogP contribution in [-0.4, -0.2) is 37.7 Å². The number of hydrogen-bond donors (Lipinski definition) is 2. The summed E-state index contributed by atoms with van der Waals surface area (Å²) in [6.07, 6.45) is 3.89. The van der Waals surface area contributed by atoms with Crippen LogP contribution in [0.2, 0.25) is 5.15 Å². The van der Waals surface area contributed by atoms with Gasteiger partial charge in [0.2, 0.25) is 5.95 Å². The van der Waals surface area contributed by atoms with Crippen molar-refractivity contribution in [3.63, 3.8) is 0 Å². The molecule has 0 saturated heterocycles. The Morgan fingerprint density at radius 2 is 2.11 bits per heavy atom. The zero-order valence-corrected chi connectivity index (χ0v) is 16.0. The van der Waals surface area contributed by atoms with Crippen LogP contribution < -0.4 is 10.5 Å². The SMILES string of the molecule is COc1c(C)cnc(Cn2cc(CCC(=O)O)c3c(Cl)nc(N)nc32)c1C. The smallest absolute Gasteiger partial charge is 0.303 e. The highest BCUT2D eigenvalue weighted by atomic mass is 35.5. The van der Waals surface area contributed by atoms with Gasteiger partial charge in [0.25, 0.3) is 0 Å². The molecule has 0 atom stereocenters. The van der Waals surface area contributed by atoms with E-state index in [4.69, 9.17) is 27.2 Å². The molecule has 0 saturated carbocycles. The van der Waals surface area contributed by atoms with Crippen molar-refractivity contribution in [3.8, 4) is 5.75 Å². The number of ether oxygens (including phenoxy) is 1. The van der Waals surface area contributed by atoms with Gasteiger partial charge in [-0.05, 0) is 25.8 Å². The third-order valence-electron chi connectivity index (χ3n) is 4.45. The van der Waals surface area contributed by atoms with Crippen LogP contribution in [0.3, 0.4) is 0 Å². The molecule has 8 nitrogen and oxygen atoms in total. The zero-order chi connectivity index (χ0) is 19.7. The number of pyridine rings is 1. The summed E-state index contributed by atoms with van der Waals surface area (Å²) in [5, 5.41) is 9.83. The number of carboxylic acid groups (broad SMARTS) is 1. The van der Waals surface area contributed by atoms with Crippen molar-refractivity contribution < 1.29 is 14.6 Å². The van der Waals surface area contributed by atoms with E-state index in [9.17, 15) is 4.79 Å². The number of hydrogen-bond acceptors (Lipinski definition) is 6. The first-order valence-electron chi connectivity index (χ1n) is 8.33. The van der Waals surface area contributed by atoms with Crippen molar-refractivity contribution in [1.82, 2.24) is 19.5 Å². The van der Waals surface area contributed by atoms with Crippen molar-refractivity contribution in [3.05, 3.63) is 39.9 Å². The summed E-state index contributed by atoms with van der Waals surface area (Å²) in [4.78, 5) is 23.8. The van der Waals surface area contributed by atoms with Crippen LogP contribution in [-0.2, 0) is 17.8 Å². The fourth-order valence-corrected chi connectivity index (χ4v) is 3.47. The van der Waals surface area contributed by atoms with Crippen LogP contribution in [0.5, 0.6) is 5.75 Å². The van der Waals surface area contributed by atoms with Gasteiger partial charge in [-0.15, -0.1) is 0 Å². The van der Waals surface area contributed by atoms with Gasteiger partial charge in [-0.3, -0.25) is 9.78 Å². The number of fused-ring (bicyclic) bond motifs is 1. The fourth-order valence-electron chi connectivity index (χ4n) is 3.18. The number of rotatable bonds is 6. The first kappa shape index (κ1) is 18.9. The van der Waals surface area contributed by atoms with E-state index >= 15 is 0 Å². The summed E-state index contributed by atoms with van der Waals surface area (Å²) in [6, 6.07) is 0. The van der Waals surface area contributed by atoms with Crippen molar-refractivity contribution in [1.29, 1.82) is 0 Å². The van der Waals surface area contributed by atoms with Crippen molar-refractivity contribution >= 4 is 34.6 Å². The number of carbonyl (C=O) groups is 1. The lowest BCUT2D eigenvalue weighted by molar-refractivity contribution is -0.136. The Kier molecular flexibility index (Phi) is 5.18. The molecule has 0 radical (unpaired) electrons. The number of anilines is 1. The van der Waals surface area contributed by atoms with Gasteiger partial charge in [-0.1, -0.05) is 11.6 Å². The minimum absolute atomic E-state index is 0.0184. The number of methoxy groups -OCH3 is 1. The number of nitrogen functional groups attached to an aromatic ring is 1. The molecule has 27 heavy (non-hydrogen) atoms. The standard InChI is InChI=1S/C18H20ClN5O3/c1-9-6-21-12(10(2)15(9)27-3)8-24-7-11(4-5-13(25)26)14-16(19)22-18(20)23-17(14)24/h6-7H,4-5,8H2,1-3H3,(H,25,26)(H2,20,22,23). The number of nitrogens with zero attached hydrogens (tertiary/aromatic N) is 4. The van der Waals surface area contributed by atoms with Crippen LogP contribution in [0.15, 0.2) is 12.4 Å². The van der Waals surface area contributed by atoms with Gasteiger partial charge in [0.15, 0.2) is 0 Å². The second kappa shape index (κ2) is 7.40. The Bertz CT molecular complexity index is 1030. The van der Waals surface area contributed by atoms with E-state index in [-0.39, 0.29) is 17.5 Å². The molecule has 0 spiro atoms. The second-order valence-electron chi connectivity index (χ2n) is 6.29. The van der Waals surface area contributed by atoms with Crippen LogP contribution in [0, 0.1) is 13.8 Å². The topological polar surface area (TPSA) is 116 Å². The van der Waals surface area contributed by atoms with Crippen LogP contribution in [0.25, 0.3) is 11.0 Å². The third-order valence-corrected chi connectivity index (χ3v) is 4.72. The molecule has 3 N–H and O–H groups in total. The summed E-state index contributed by atoms with van der Waals surface area (Å²) >= 11 is 6.27. The molecule has 0 fully saturated rings. The van der Waals surface area contributed by atoms with E-state index in [0.717, 1.165) is 28.1 Å². The molecule has 0 aliphatic rings. The van der Waals surface area contributed by atoms with Gasteiger partial charge in [0.05, 0.1) is 24.7 Å². The first-order chi connectivity index (χ1) is 12.8. The highest BCUT2D eigenvalue weighted by Gasteiger charge is 2.18. The number of carboxylic acids is 1. The molecule has 0 aliphatic heterocycles. The Balaban J connectivity index is 2.11. The predicted molar refractivity (Wildman–Crippen MR) is 102 cm³/mol. The monoisotopic (exact) mass is 389 g/mol. The highest BCUT2D eigenvalue weighted by Crippen LogP contribution is 2.30. The third kappa shape index (κ3) is 3.66. The molecule has 3 rings (SSSR count). The van der Waals surface area contributed by atoms with Crippen molar-refractivity contribution in [2.75, 3.05) is 12.8 Å². The minimum Gasteiger partial charge on any atom is -0.496 e. The summed E-state index contributed by atoms with van der Waals surface area (Å²) in [7, 11) is 1.63. The van der Waals surface area contributed by atoms with Crippen LogP contribution in [0.4, 0.5) is 5.95 Å². The summed E-state index contributed by atoms with van der Waals surface area (Å²) < 4.78 is 7.33. The fraction of sp³-hybridized carbons (Fsp3) is 0.333. The van der Waals surface area contributed by atoms with E-state index in [1.165, 1.54) is 0 Å². The van der Waals surface area contributed by atoms with Gasteiger partial charge in [-0.25, -0.2) is 4.98 Å². The molecule has 0 amide bonds. The van der Waals surface area contributed by atoms with Gasteiger partial charge in [0, 0.05) is 29.9 Å². The molecule has 0 unspecified atom stereocenters. The Labute approximate surface area is 161 Å². The molecule has 0 aromatic carbocycles. The molecule has 3 heterocycles. The lowest BCUT2D eigenvalue weighted by atomic mass is 10.1. The van der Waals surface area contributed by atoms with Gasteiger partial charge >= 0.3 is 5.97 Å². The van der Waals surface area contributed by atoms with Crippen molar-refractivity contribution in [2.45, 2.75) is 33.2 Å². The van der Waals surface area contributed by atoms with Gasteiger partial charge in [-0.2, -0.15) is 4.98 Å². The number of aromatic nitrogens is 4. The maximum atomic E-state index is 11.0. The molecule has 3 aromatic heterocycles. The Morgan fingerprint density at radius 1 is 1.37 bits per heavy atom. The summed E-state index contributed by atoms with van der Waals surface area (Å²) in [5.41, 5.74) is 9.77. The number of aryl methyl sites for hydroxylation is 2. The minimum atomic E-state index is -0.885. The van der Waals surface area contributed by atoms with E-state index in [1.54, 1.807) is 13.3 Å². The molecule has 0 aliphatic carbocycles. The lowest BCUT2D eigenvalue weighted by Crippen LogP contribution is -2.07. The highest BCUT2D eigenvalue weighted by molar-refractivity contribution is 6.34. The summed E-state index contributed by atoms with van der Waals surface area (Å²) in [5.74, 6) is -0.0401. The van der Waals surface area contributed by atoms with E-state index in [0.29, 0.717) is 24.0 Å². The van der Waals surface area contributed by atoms with E-state index in [2.05, 4.69) is 15.0 Å². The van der Waals surface area contributed by atoms with Gasteiger partial charge in [0.1, 0.15) is 16.5 Å². The predicted octanol–water partition coefficient (Wildman–Crippen LogP) is 2.75. The second-order valence-corrected chi connectivity index (χ2v) is 6.65. The van der Waals surface area contributed by atoms with Gasteiger partial charge < -0.3 is 20.1 Å². The largest absolute Gasteiger partial charge is 0.496 e. The first-order valence-corrected chi connectivity index (χ1v) is 8.71. The molecule has 0 bridgehead atoms. The number of aliphatic carboxylic acids is 1. The molecule has 3 aromatic rings. The Hall–Kier alpha value is -2.87. The molecule has 9 heteroatoms. The maximum absolute atomic E-state index is 11.0. The average Bonchev–Trinajstić information content (AvgIpc) is 2.94. The molecular weight excluding hydrogens is 370 g/mol. The average molecular weight is 390 g/mol. The maximum Gasteiger partial charge on any atom is 0.303 e. The number of nitrogens with two attached hydrogens (primary N) is 1. The van der Waals surface area contributed by atoms with E-state index < -0.39 is 5.97 Å². The zero-order valence-electron chi connectivity index (χ0n) is 15.3.